The molecule has 3 nitrogen and oxygen atoms in total. The molecule has 0 saturated heterocycles. The molecule has 0 spiro atoms. The zero-order valence-electron chi connectivity index (χ0n) is 11.8. The molecule has 1 aromatic carbocycles. The second kappa shape index (κ2) is 5.92. The van der Waals surface area contributed by atoms with Gasteiger partial charge in [0.05, 0.1) is 22.7 Å². The molecule has 0 aliphatic heterocycles. The minimum Gasteiger partial charge on any atom is -0.252 e. The summed E-state index contributed by atoms with van der Waals surface area (Å²) in [7, 11) is -0.956. The van der Waals surface area contributed by atoms with Crippen LogP contribution in [-0.2, 0) is 10.8 Å². The molecular weight excluding hydrogens is 268 g/mol. The van der Waals surface area contributed by atoms with Gasteiger partial charge in [-0.05, 0) is 38.0 Å². The van der Waals surface area contributed by atoms with E-state index in [1.165, 1.54) is 24.8 Å². The van der Waals surface area contributed by atoms with Gasteiger partial charge in [0.1, 0.15) is 5.03 Å². The van der Waals surface area contributed by atoms with E-state index in [0.29, 0.717) is 5.25 Å². The molecule has 0 radical (unpaired) electrons. The van der Waals surface area contributed by atoms with Crippen LogP contribution in [-0.4, -0.2) is 19.2 Å². The fraction of sp³-hybridized carbons (Fsp3) is 0.438. The van der Waals surface area contributed by atoms with Crippen molar-refractivity contribution in [2.24, 2.45) is 0 Å². The van der Waals surface area contributed by atoms with Gasteiger partial charge in [0.2, 0.25) is 0 Å². The van der Waals surface area contributed by atoms with Crippen LogP contribution in [0.15, 0.2) is 41.6 Å². The molecule has 1 aliphatic rings. The summed E-state index contributed by atoms with van der Waals surface area (Å²) in [5.74, 6) is 0. The van der Waals surface area contributed by atoms with Crippen LogP contribution in [0, 0.1) is 6.92 Å². The Balaban J connectivity index is 1.89. The maximum Gasteiger partial charge on any atom is 0.131 e. The van der Waals surface area contributed by atoms with Crippen molar-refractivity contribution in [3.05, 3.63) is 42.1 Å². The molecule has 0 N–H and O–H groups in total. The summed E-state index contributed by atoms with van der Waals surface area (Å²) in [6, 6.07) is 10.1. The van der Waals surface area contributed by atoms with E-state index in [2.05, 4.69) is 24.2 Å². The fourth-order valence-electron chi connectivity index (χ4n) is 2.77. The van der Waals surface area contributed by atoms with Gasteiger partial charge >= 0.3 is 0 Å². The standard InChI is InChI=1S/C16H20N2OS/c1-13-7-9-14(10-8-13)18-16(11-12-17-18)20(19)15-5-3-2-4-6-15/h7-12,15H,2-6H2,1H3. The first-order valence-electron chi connectivity index (χ1n) is 7.27. The van der Waals surface area contributed by atoms with Crippen molar-refractivity contribution in [1.82, 2.24) is 9.78 Å². The lowest BCUT2D eigenvalue weighted by Crippen LogP contribution is -2.20. The number of nitrogens with zero attached hydrogens (tertiary/aromatic N) is 2. The molecule has 2 aromatic rings. The van der Waals surface area contributed by atoms with Crippen molar-refractivity contribution >= 4 is 10.8 Å². The van der Waals surface area contributed by atoms with Crippen LogP contribution in [0.25, 0.3) is 5.69 Å². The summed E-state index contributed by atoms with van der Waals surface area (Å²) in [5.41, 5.74) is 2.20. The number of aromatic nitrogens is 2. The third kappa shape index (κ3) is 2.70. The van der Waals surface area contributed by atoms with Crippen LogP contribution in [0.1, 0.15) is 37.7 Å². The molecule has 0 amide bonds. The third-order valence-electron chi connectivity index (χ3n) is 3.95. The number of benzene rings is 1. The summed E-state index contributed by atoms with van der Waals surface area (Å²) < 4.78 is 14.6. The predicted octanol–water partition coefficient (Wildman–Crippen LogP) is 3.62. The van der Waals surface area contributed by atoms with Crippen LogP contribution < -0.4 is 0 Å². The molecule has 1 aromatic heterocycles. The van der Waals surface area contributed by atoms with Crippen LogP contribution >= 0.6 is 0 Å². The van der Waals surface area contributed by atoms with Crippen LogP contribution in [0.4, 0.5) is 0 Å². The molecular formula is C16H20N2OS. The Bertz CT molecular complexity index is 597. The van der Waals surface area contributed by atoms with Gasteiger partial charge < -0.3 is 0 Å². The van der Waals surface area contributed by atoms with Gasteiger partial charge in [-0.15, -0.1) is 0 Å². The highest BCUT2D eigenvalue weighted by molar-refractivity contribution is 7.85. The summed E-state index contributed by atoms with van der Waals surface area (Å²) in [4.78, 5) is 0. The van der Waals surface area contributed by atoms with Crippen molar-refractivity contribution in [3.8, 4) is 5.69 Å². The van der Waals surface area contributed by atoms with Crippen molar-refractivity contribution in [1.29, 1.82) is 0 Å². The lowest BCUT2D eigenvalue weighted by Gasteiger charge is -2.21. The molecule has 20 heavy (non-hydrogen) atoms. The quantitative estimate of drug-likeness (QED) is 0.864. The number of hydrogen-bond acceptors (Lipinski definition) is 2. The maximum absolute atomic E-state index is 12.8. The molecule has 1 aliphatic carbocycles. The van der Waals surface area contributed by atoms with Crippen LogP contribution in [0.5, 0.6) is 0 Å². The van der Waals surface area contributed by atoms with Gasteiger partial charge in [-0.2, -0.15) is 5.10 Å². The van der Waals surface area contributed by atoms with Crippen LogP contribution in [0.2, 0.25) is 0 Å². The van der Waals surface area contributed by atoms with Crippen molar-refractivity contribution < 1.29 is 4.21 Å². The summed E-state index contributed by atoms with van der Waals surface area (Å²) >= 11 is 0. The van der Waals surface area contributed by atoms with Crippen LogP contribution in [0.3, 0.4) is 0 Å². The predicted molar refractivity (Wildman–Crippen MR) is 81.6 cm³/mol. The topological polar surface area (TPSA) is 34.9 Å². The Morgan fingerprint density at radius 1 is 1.10 bits per heavy atom. The maximum atomic E-state index is 12.8. The van der Waals surface area contributed by atoms with Crippen molar-refractivity contribution in [2.45, 2.75) is 49.3 Å². The highest BCUT2D eigenvalue weighted by Crippen LogP contribution is 2.26. The normalized spacial score (nSPS) is 18.1. The number of aryl methyl sites for hydroxylation is 1. The highest BCUT2D eigenvalue weighted by atomic mass is 32.2. The van der Waals surface area contributed by atoms with Gasteiger partial charge in [0, 0.05) is 5.25 Å². The minimum absolute atomic E-state index is 0.296. The Morgan fingerprint density at radius 2 is 1.80 bits per heavy atom. The molecule has 1 unspecified atom stereocenters. The zero-order valence-corrected chi connectivity index (χ0v) is 12.6. The summed E-state index contributed by atoms with van der Waals surface area (Å²) in [6.45, 7) is 2.06. The molecule has 1 saturated carbocycles. The molecule has 0 bridgehead atoms. The monoisotopic (exact) mass is 288 g/mol. The SMILES string of the molecule is Cc1ccc(-n2nccc2S(=O)C2CCCCC2)cc1. The first-order chi connectivity index (χ1) is 9.75. The van der Waals surface area contributed by atoms with E-state index >= 15 is 0 Å². The first-order valence-corrected chi connectivity index (χ1v) is 8.48. The minimum atomic E-state index is -0.956. The smallest absolute Gasteiger partial charge is 0.131 e. The second-order valence-corrected chi connectivity index (χ2v) is 7.15. The zero-order chi connectivity index (χ0) is 13.9. The fourth-order valence-corrected chi connectivity index (χ4v) is 4.39. The average Bonchev–Trinajstić information content (AvgIpc) is 2.97. The van der Waals surface area contributed by atoms with E-state index in [-0.39, 0.29) is 0 Å². The second-order valence-electron chi connectivity index (χ2n) is 5.47. The molecule has 1 atom stereocenters. The number of hydrogen-bond donors (Lipinski definition) is 0. The van der Waals surface area contributed by atoms with E-state index < -0.39 is 10.8 Å². The summed E-state index contributed by atoms with van der Waals surface area (Å²) in [5, 5.41) is 5.49. The molecule has 4 heteroatoms. The first kappa shape index (κ1) is 13.6. The van der Waals surface area contributed by atoms with E-state index in [1.54, 1.807) is 6.20 Å². The average molecular weight is 288 g/mol. The Hall–Kier alpha value is -1.42. The Kier molecular flexibility index (Phi) is 4.01. The Morgan fingerprint density at radius 3 is 2.50 bits per heavy atom. The van der Waals surface area contributed by atoms with Gasteiger partial charge in [-0.25, -0.2) is 4.68 Å². The van der Waals surface area contributed by atoms with E-state index in [1.807, 2.05) is 22.9 Å². The summed E-state index contributed by atoms with van der Waals surface area (Å²) in [6.07, 6.45) is 7.59. The van der Waals surface area contributed by atoms with Crippen molar-refractivity contribution in [3.63, 3.8) is 0 Å². The van der Waals surface area contributed by atoms with E-state index in [4.69, 9.17) is 0 Å². The molecule has 106 valence electrons. The van der Waals surface area contributed by atoms with Gasteiger partial charge in [0.25, 0.3) is 0 Å². The third-order valence-corrected chi connectivity index (χ3v) is 5.75. The largest absolute Gasteiger partial charge is 0.252 e. The van der Waals surface area contributed by atoms with Crippen molar-refractivity contribution in [2.75, 3.05) is 0 Å². The highest BCUT2D eigenvalue weighted by Gasteiger charge is 2.23. The lowest BCUT2D eigenvalue weighted by atomic mass is 10.0. The van der Waals surface area contributed by atoms with Gasteiger partial charge in [-0.1, -0.05) is 37.0 Å². The van der Waals surface area contributed by atoms with E-state index in [0.717, 1.165) is 23.6 Å². The molecule has 3 rings (SSSR count). The van der Waals surface area contributed by atoms with Gasteiger partial charge in [-0.3, -0.25) is 4.21 Å². The Labute approximate surface area is 122 Å². The number of rotatable bonds is 3. The van der Waals surface area contributed by atoms with Gasteiger partial charge in [0.15, 0.2) is 0 Å². The molecule has 1 fully saturated rings. The van der Waals surface area contributed by atoms with E-state index in [9.17, 15) is 4.21 Å². The lowest BCUT2D eigenvalue weighted by molar-refractivity contribution is 0.503. The molecule has 1 heterocycles.